The predicted molar refractivity (Wildman–Crippen MR) is 126 cm³/mol. The second-order valence-corrected chi connectivity index (χ2v) is 8.32. The largest absolute Gasteiger partial charge is 0.361 e. The molecule has 3 aromatic carbocycles. The molecule has 2 N–H and O–H groups in total. The van der Waals surface area contributed by atoms with Crippen molar-refractivity contribution in [1.82, 2.24) is 15.2 Å². The summed E-state index contributed by atoms with van der Waals surface area (Å²) in [6, 6.07) is 22.0. The van der Waals surface area contributed by atoms with Gasteiger partial charge in [0.2, 0.25) is 5.91 Å². The smallest absolute Gasteiger partial charge is 0.262 e. The van der Waals surface area contributed by atoms with E-state index in [1.54, 1.807) is 24.3 Å². The first kappa shape index (κ1) is 21.0. The molecule has 33 heavy (non-hydrogen) atoms. The lowest BCUT2D eigenvalue weighted by Crippen LogP contribution is -2.41. The molecule has 0 saturated carbocycles. The van der Waals surface area contributed by atoms with E-state index in [-0.39, 0.29) is 19.0 Å². The normalized spacial score (nSPS) is 13.9. The van der Waals surface area contributed by atoms with Crippen LogP contribution in [-0.4, -0.2) is 40.7 Å². The number of imide groups is 1. The van der Waals surface area contributed by atoms with E-state index in [0.29, 0.717) is 16.1 Å². The zero-order chi connectivity index (χ0) is 22.9. The first-order valence-electron chi connectivity index (χ1n) is 10.6. The van der Waals surface area contributed by atoms with Crippen LogP contribution in [0.5, 0.6) is 0 Å². The summed E-state index contributed by atoms with van der Waals surface area (Å²) in [5.41, 5.74) is 3.51. The molecule has 0 bridgehead atoms. The number of aromatic amines is 1. The number of aromatic nitrogens is 1. The molecule has 4 aromatic rings. The van der Waals surface area contributed by atoms with Gasteiger partial charge in [-0.05, 0) is 35.4 Å². The van der Waals surface area contributed by atoms with Crippen molar-refractivity contribution in [2.45, 2.75) is 5.92 Å². The number of halogens is 1. The van der Waals surface area contributed by atoms with Crippen LogP contribution < -0.4 is 5.32 Å². The third kappa shape index (κ3) is 3.79. The number of carbonyl (C=O) groups is 3. The zero-order valence-electron chi connectivity index (χ0n) is 17.5. The van der Waals surface area contributed by atoms with Crippen LogP contribution in [0.15, 0.2) is 79.0 Å². The molecule has 7 heteroatoms. The van der Waals surface area contributed by atoms with Gasteiger partial charge in [-0.3, -0.25) is 19.3 Å². The van der Waals surface area contributed by atoms with Crippen molar-refractivity contribution in [1.29, 1.82) is 0 Å². The Morgan fingerprint density at radius 1 is 0.879 bits per heavy atom. The SMILES string of the molecule is O=C(CN1C(=O)c2ccccc2C1=O)NC[C@@H](c1ccccc1Cl)c1c[nH]c2ccccc12. The molecule has 1 aliphatic heterocycles. The van der Waals surface area contributed by atoms with Crippen molar-refractivity contribution in [3.05, 3.63) is 106 Å². The van der Waals surface area contributed by atoms with Gasteiger partial charge in [0.15, 0.2) is 0 Å². The maximum atomic E-state index is 12.8. The first-order chi connectivity index (χ1) is 16.0. The fourth-order valence-electron chi connectivity index (χ4n) is 4.33. The van der Waals surface area contributed by atoms with Gasteiger partial charge in [-0.15, -0.1) is 0 Å². The molecule has 0 saturated heterocycles. The molecule has 5 rings (SSSR count). The number of hydrogen-bond acceptors (Lipinski definition) is 3. The molecule has 0 aliphatic carbocycles. The number of fused-ring (bicyclic) bond motifs is 2. The van der Waals surface area contributed by atoms with E-state index in [1.165, 1.54) is 0 Å². The molecule has 0 radical (unpaired) electrons. The lowest BCUT2D eigenvalue weighted by atomic mass is 9.90. The molecule has 164 valence electrons. The standard InChI is InChI=1S/C26H20ClN3O3/c27-22-11-5-3-7-16(22)20(21-13-28-23-12-6-4-8-17(21)23)14-29-24(31)15-30-25(32)18-9-1-2-10-19(18)26(30)33/h1-13,20,28H,14-15H2,(H,29,31)/t20-/m0/s1. The lowest BCUT2D eigenvalue weighted by Gasteiger charge is -2.20. The van der Waals surface area contributed by atoms with Crippen molar-refractivity contribution in [3.63, 3.8) is 0 Å². The summed E-state index contributed by atoms with van der Waals surface area (Å²) in [4.78, 5) is 42.2. The van der Waals surface area contributed by atoms with Gasteiger partial charge in [0.25, 0.3) is 11.8 Å². The summed E-state index contributed by atoms with van der Waals surface area (Å²) >= 11 is 6.51. The Morgan fingerprint density at radius 2 is 1.52 bits per heavy atom. The van der Waals surface area contributed by atoms with Crippen LogP contribution in [0.3, 0.4) is 0 Å². The molecule has 0 spiro atoms. The van der Waals surface area contributed by atoms with Crippen molar-refractivity contribution in [2.75, 3.05) is 13.1 Å². The van der Waals surface area contributed by atoms with E-state index >= 15 is 0 Å². The minimum Gasteiger partial charge on any atom is -0.361 e. The van der Waals surface area contributed by atoms with Crippen LogP contribution in [0.2, 0.25) is 5.02 Å². The summed E-state index contributed by atoms with van der Waals surface area (Å²) in [6.07, 6.45) is 1.93. The highest BCUT2D eigenvalue weighted by Crippen LogP contribution is 2.34. The molecular weight excluding hydrogens is 438 g/mol. The fraction of sp³-hybridized carbons (Fsp3) is 0.115. The molecule has 0 unspecified atom stereocenters. The average Bonchev–Trinajstić information content (AvgIpc) is 3.36. The van der Waals surface area contributed by atoms with Crippen LogP contribution in [0.25, 0.3) is 10.9 Å². The summed E-state index contributed by atoms with van der Waals surface area (Å²) in [5.74, 6) is -1.54. The van der Waals surface area contributed by atoms with Crippen molar-refractivity contribution < 1.29 is 14.4 Å². The number of carbonyl (C=O) groups excluding carboxylic acids is 3. The third-order valence-corrected chi connectivity index (χ3v) is 6.30. The minimum atomic E-state index is -0.454. The van der Waals surface area contributed by atoms with Crippen molar-refractivity contribution in [2.24, 2.45) is 0 Å². The van der Waals surface area contributed by atoms with Gasteiger partial charge in [0, 0.05) is 34.6 Å². The number of para-hydroxylation sites is 1. The van der Waals surface area contributed by atoms with Crippen molar-refractivity contribution in [3.8, 4) is 0 Å². The van der Waals surface area contributed by atoms with Crippen LogP contribution in [0, 0.1) is 0 Å². The van der Waals surface area contributed by atoms with Crippen LogP contribution in [0.1, 0.15) is 37.8 Å². The number of H-pyrrole nitrogens is 1. The Labute approximate surface area is 195 Å². The maximum Gasteiger partial charge on any atom is 0.262 e. The number of hydrogen-bond donors (Lipinski definition) is 2. The van der Waals surface area contributed by atoms with Crippen LogP contribution in [-0.2, 0) is 4.79 Å². The highest BCUT2D eigenvalue weighted by Gasteiger charge is 2.36. The Balaban J connectivity index is 1.37. The molecule has 3 amide bonds. The Bertz CT molecular complexity index is 1360. The summed E-state index contributed by atoms with van der Waals surface area (Å²) < 4.78 is 0. The van der Waals surface area contributed by atoms with E-state index in [1.807, 2.05) is 54.7 Å². The highest BCUT2D eigenvalue weighted by molar-refractivity contribution is 6.31. The first-order valence-corrected chi connectivity index (χ1v) is 10.9. The van der Waals surface area contributed by atoms with Crippen LogP contribution in [0.4, 0.5) is 0 Å². The third-order valence-electron chi connectivity index (χ3n) is 5.96. The van der Waals surface area contributed by atoms with E-state index in [0.717, 1.165) is 26.9 Å². The quantitative estimate of drug-likeness (QED) is 0.422. The van der Waals surface area contributed by atoms with Crippen molar-refractivity contribution >= 4 is 40.2 Å². The predicted octanol–water partition coefficient (Wildman–Crippen LogP) is 4.37. The van der Waals surface area contributed by atoms with E-state index in [4.69, 9.17) is 11.6 Å². The van der Waals surface area contributed by atoms with Gasteiger partial charge >= 0.3 is 0 Å². The Hall–Kier alpha value is -3.90. The average molecular weight is 458 g/mol. The molecule has 0 fully saturated rings. The highest BCUT2D eigenvalue weighted by atomic mass is 35.5. The topological polar surface area (TPSA) is 82.3 Å². The minimum absolute atomic E-state index is 0.221. The number of nitrogens with one attached hydrogen (secondary N) is 2. The van der Waals surface area contributed by atoms with Gasteiger partial charge in [0.1, 0.15) is 6.54 Å². The fourth-order valence-corrected chi connectivity index (χ4v) is 4.59. The molecule has 1 aliphatic rings. The molecule has 6 nitrogen and oxygen atoms in total. The lowest BCUT2D eigenvalue weighted by molar-refractivity contribution is -0.121. The summed E-state index contributed by atoms with van der Waals surface area (Å²) in [5, 5.41) is 4.54. The van der Waals surface area contributed by atoms with Gasteiger partial charge in [-0.2, -0.15) is 0 Å². The second-order valence-electron chi connectivity index (χ2n) is 7.91. The second kappa shape index (κ2) is 8.56. The zero-order valence-corrected chi connectivity index (χ0v) is 18.3. The molecule has 2 heterocycles. The number of amides is 3. The molecular formula is C26H20ClN3O3. The van der Waals surface area contributed by atoms with E-state index < -0.39 is 17.7 Å². The number of rotatable bonds is 6. The summed E-state index contributed by atoms with van der Waals surface area (Å²) in [6.45, 7) is -0.0803. The van der Waals surface area contributed by atoms with E-state index in [9.17, 15) is 14.4 Å². The van der Waals surface area contributed by atoms with E-state index in [2.05, 4.69) is 10.3 Å². The molecule has 1 aromatic heterocycles. The molecule has 1 atom stereocenters. The monoisotopic (exact) mass is 457 g/mol. The van der Waals surface area contributed by atoms with Gasteiger partial charge in [-0.1, -0.05) is 60.1 Å². The Morgan fingerprint density at radius 3 is 2.24 bits per heavy atom. The van der Waals surface area contributed by atoms with Gasteiger partial charge in [-0.25, -0.2) is 0 Å². The van der Waals surface area contributed by atoms with Gasteiger partial charge < -0.3 is 10.3 Å². The number of nitrogens with zero attached hydrogens (tertiary/aromatic N) is 1. The number of benzene rings is 3. The Kier molecular flexibility index (Phi) is 5.44. The summed E-state index contributed by atoms with van der Waals surface area (Å²) in [7, 11) is 0. The van der Waals surface area contributed by atoms with Gasteiger partial charge in [0.05, 0.1) is 11.1 Å². The maximum absolute atomic E-state index is 12.8. The van der Waals surface area contributed by atoms with Crippen LogP contribution >= 0.6 is 11.6 Å².